The SMILES string of the molecule is O=C(c1ccc2ncsc2c1)N(Cc1ccc(-c2ccccc2)cc1)Cc1ccco1. The molecule has 0 saturated carbocycles. The lowest BCUT2D eigenvalue weighted by Gasteiger charge is -2.22. The van der Waals surface area contributed by atoms with Crippen LogP contribution in [0.2, 0.25) is 0 Å². The van der Waals surface area contributed by atoms with Gasteiger partial charge in [-0.3, -0.25) is 4.79 Å². The standard InChI is InChI=1S/C26H20N2O2S/c29-26(22-12-13-24-25(15-22)31-18-27-24)28(17-23-7-4-14-30-23)16-19-8-10-21(11-9-19)20-5-2-1-3-6-20/h1-15,18H,16-17H2. The first kappa shape index (κ1) is 19.3. The van der Waals surface area contributed by atoms with Crippen LogP contribution in [0.3, 0.4) is 0 Å². The molecule has 0 spiro atoms. The van der Waals surface area contributed by atoms with Crippen LogP contribution in [0, 0.1) is 0 Å². The molecule has 5 aromatic rings. The van der Waals surface area contributed by atoms with Gasteiger partial charge in [-0.1, -0.05) is 54.6 Å². The Bertz CT molecular complexity index is 1290. The van der Waals surface area contributed by atoms with Crippen LogP contribution in [-0.2, 0) is 13.1 Å². The van der Waals surface area contributed by atoms with Gasteiger partial charge in [0.1, 0.15) is 5.76 Å². The number of carbonyl (C=O) groups is 1. The number of furan rings is 1. The highest BCUT2D eigenvalue weighted by Crippen LogP contribution is 2.23. The maximum atomic E-state index is 13.4. The van der Waals surface area contributed by atoms with E-state index in [0.717, 1.165) is 27.1 Å². The number of hydrogen-bond donors (Lipinski definition) is 0. The highest BCUT2D eigenvalue weighted by atomic mass is 32.1. The molecule has 4 nitrogen and oxygen atoms in total. The van der Waals surface area contributed by atoms with Crippen molar-refractivity contribution in [2.75, 3.05) is 0 Å². The molecule has 5 rings (SSSR count). The van der Waals surface area contributed by atoms with Crippen molar-refractivity contribution in [2.45, 2.75) is 13.1 Å². The van der Waals surface area contributed by atoms with Crippen LogP contribution in [-0.4, -0.2) is 15.8 Å². The zero-order valence-electron chi connectivity index (χ0n) is 16.8. The van der Waals surface area contributed by atoms with Crippen molar-refractivity contribution in [3.63, 3.8) is 0 Å². The minimum Gasteiger partial charge on any atom is -0.467 e. The molecule has 1 amide bonds. The lowest BCUT2D eigenvalue weighted by atomic mass is 10.0. The van der Waals surface area contributed by atoms with Crippen LogP contribution in [0.25, 0.3) is 21.3 Å². The third-order valence-corrected chi connectivity index (χ3v) is 6.02. The van der Waals surface area contributed by atoms with Crippen molar-refractivity contribution >= 4 is 27.5 Å². The number of fused-ring (bicyclic) bond motifs is 1. The quantitative estimate of drug-likeness (QED) is 0.317. The Morgan fingerprint density at radius 2 is 1.68 bits per heavy atom. The zero-order valence-corrected chi connectivity index (χ0v) is 17.6. The fourth-order valence-corrected chi connectivity index (χ4v) is 4.33. The van der Waals surface area contributed by atoms with E-state index in [4.69, 9.17) is 4.42 Å². The summed E-state index contributed by atoms with van der Waals surface area (Å²) in [7, 11) is 0. The van der Waals surface area contributed by atoms with Crippen LogP contribution in [0.15, 0.2) is 101 Å². The van der Waals surface area contributed by atoms with Crippen LogP contribution >= 0.6 is 11.3 Å². The topological polar surface area (TPSA) is 46.3 Å². The van der Waals surface area contributed by atoms with Crippen LogP contribution in [0.5, 0.6) is 0 Å². The number of benzene rings is 3. The van der Waals surface area contributed by atoms with E-state index in [1.165, 1.54) is 16.9 Å². The molecule has 0 unspecified atom stereocenters. The third-order valence-electron chi connectivity index (χ3n) is 5.23. The van der Waals surface area contributed by atoms with Crippen LogP contribution < -0.4 is 0 Å². The van der Waals surface area contributed by atoms with Crippen molar-refractivity contribution in [1.82, 2.24) is 9.88 Å². The van der Waals surface area contributed by atoms with Crippen molar-refractivity contribution < 1.29 is 9.21 Å². The molecule has 2 heterocycles. The molecule has 152 valence electrons. The van der Waals surface area contributed by atoms with Gasteiger partial charge in [-0.05, 0) is 47.0 Å². The molecule has 31 heavy (non-hydrogen) atoms. The number of thiazole rings is 1. The summed E-state index contributed by atoms with van der Waals surface area (Å²) in [6.45, 7) is 0.905. The first-order chi connectivity index (χ1) is 15.3. The van der Waals surface area contributed by atoms with Gasteiger partial charge in [-0.15, -0.1) is 11.3 Å². The highest BCUT2D eigenvalue weighted by Gasteiger charge is 2.19. The smallest absolute Gasteiger partial charge is 0.254 e. The van der Waals surface area contributed by atoms with Crippen molar-refractivity contribution in [1.29, 1.82) is 0 Å². The molecule has 0 aliphatic carbocycles. The zero-order chi connectivity index (χ0) is 21.0. The minimum absolute atomic E-state index is 0.0289. The van der Waals surface area contributed by atoms with E-state index in [2.05, 4.69) is 41.4 Å². The molecule has 0 aliphatic rings. The Labute approximate surface area is 184 Å². The van der Waals surface area contributed by atoms with Gasteiger partial charge in [-0.25, -0.2) is 4.98 Å². The summed E-state index contributed by atoms with van der Waals surface area (Å²) in [6.07, 6.45) is 1.63. The van der Waals surface area contributed by atoms with E-state index < -0.39 is 0 Å². The number of rotatable bonds is 6. The van der Waals surface area contributed by atoms with Crippen molar-refractivity contribution in [2.24, 2.45) is 0 Å². The lowest BCUT2D eigenvalue weighted by Crippen LogP contribution is -2.30. The Balaban J connectivity index is 1.41. The lowest BCUT2D eigenvalue weighted by molar-refractivity contribution is 0.0718. The van der Waals surface area contributed by atoms with Gasteiger partial charge in [0.2, 0.25) is 0 Å². The number of nitrogens with zero attached hydrogens (tertiary/aromatic N) is 2. The summed E-state index contributed by atoms with van der Waals surface area (Å²) < 4.78 is 6.53. The summed E-state index contributed by atoms with van der Waals surface area (Å²) in [6, 6.07) is 28.0. The van der Waals surface area contributed by atoms with Crippen LogP contribution in [0.4, 0.5) is 0 Å². The fourth-order valence-electron chi connectivity index (χ4n) is 3.61. The van der Waals surface area contributed by atoms with Gasteiger partial charge in [0.15, 0.2) is 0 Å². The predicted molar refractivity (Wildman–Crippen MR) is 124 cm³/mol. The molecule has 3 aromatic carbocycles. The first-order valence-electron chi connectivity index (χ1n) is 10.1. The third kappa shape index (κ3) is 4.27. The van der Waals surface area contributed by atoms with Gasteiger partial charge in [0, 0.05) is 12.1 Å². The van der Waals surface area contributed by atoms with E-state index >= 15 is 0 Å². The van der Waals surface area contributed by atoms with E-state index in [0.29, 0.717) is 18.7 Å². The Hall–Kier alpha value is -3.70. The molecule has 0 saturated heterocycles. The Morgan fingerprint density at radius 3 is 2.45 bits per heavy atom. The summed E-state index contributed by atoms with van der Waals surface area (Å²) in [5.41, 5.74) is 6.77. The summed E-state index contributed by atoms with van der Waals surface area (Å²) in [4.78, 5) is 19.5. The van der Waals surface area contributed by atoms with Gasteiger partial charge in [0.05, 0.1) is 28.5 Å². The molecule has 5 heteroatoms. The number of carbonyl (C=O) groups excluding carboxylic acids is 1. The molecule has 0 bridgehead atoms. The summed E-state index contributed by atoms with van der Waals surface area (Å²) in [5.74, 6) is 0.729. The molecule has 0 N–H and O–H groups in total. The maximum absolute atomic E-state index is 13.4. The molecule has 0 radical (unpaired) electrons. The molecule has 2 aromatic heterocycles. The van der Waals surface area contributed by atoms with Gasteiger partial charge < -0.3 is 9.32 Å². The summed E-state index contributed by atoms with van der Waals surface area (Å²) >= 11 is 1.54. The number of aromatic nitrogens is 1. The number of amides is 1. The second-order valence-electron chi connectivity index (χ2n) is 7.34. The average molecular weight is 425 g/mol. The monoisotopic (exact) mass is 424 g/mol. The molecular formula is C26H20N2O2S. The largest absolute Gasteiger partial charge is 0.467 e. The van der Waals surface area contributed by atoms with E-state index in [1.54, 1.807) is 11.8 Å². The predicted octanol–water partition coefficient (Wildman–Crippen LogP) is 6.40. The summed E-state index contributed by atoms with van der Waals surface area (Å²) in [5, 5.41) is 0. The Kier molecular flexibility index (Phi) is 5.33. The van der Waals surface area contributed by atoms with E-state index in [1.807, 2.05) is 53.4 Å². The van der Waals surface area contributed by atoms with E-state index in [9.17, 15) is 4.79 Å². The van der Waals surface area contributed by atoms with Crippen molar-refractivity contribution in [3.8, 4) is 11.1 Å². The minimum atomic E-state index is -0.0289. The van der Waals surface area contributed by atoms with Gasteiger partial charge in [-0.2, -0.15) is 0 Å². The molecule has 0 aliphatic heterocycles. The van der Waals surface area contributed by atoms with Crippen molar-refractivity contribution in [3.05, 3.63) is 114 Å². The van der Waals surface area contributed by atoms with E-state index in [-0.39, 0.29) is 5.91 Å². The highest BCUT2D eigenvalue weighted by molar-refractivity contribution is 7.16. The van der Waals surface area contributed by atoms with Gasteiger partial charge in [0.25, 0.3) is 5.91 Å². The normalized spacial score (nSPS) is 11.0. The molecule has 0 atom stereocenters. The van der Waals surface area contributed by atoms with Gasteiger partial charge >= 0.3 is 0 Å². The second-order valence-corrected chi connectivity index (χ2v) is 8.22. The number of hydrogen-bond acceptors (Lipinski definition) is 4. The first-order valence-corrected chi connectivity index (χ1v) is 10.9. The molecule has 0 fully saturated rings. The Morgan fingerprint density at radius 1 is 0.871 bits per heavy atom. The average Bonchev–Trinajstić information content (AvgIpc) is 3.51. The maximum Gasteiger partial charge on any atom is 0.254 e. The fraction of sp³-hybridized carbons (Fsp3) is 0.0769. The second kappa shape index (κ2) is 8.58. The molecular weight excluding hydrogens is 404 g/mol. The van der Waals surface area contributed by atoms with Crippen LogP contribution in [0.1, 0.15) is 21.7 Å².